The monoisotopic (exact) mass is 514 g/mol. The molecule has 0 bridgehead atoms. The maximum absolute atomic E-state index is 13.7. The van der Waals surface area contributed by atoms with Crippen molar-refractivity contribution in [1.29, 1.82) is 0 Å². The summed E-state index contributed by atoms with van der Waals surface area (Å²) in [4.78, 5) is 9.11. The van der Waals surface area contributed by atoms with Crippen molar-refractivity contribution in [2.45, 2.75) is 18.3 Å². The first-order valence-corrected chi connectivity index (χ1v) is 12.7. The minimum absolute atomic E-state index is 0.306. The summed E-state index contributed by atoms with van der Waals surface area (Å²) in [5.41, 5.74) is 4.68. The first-order valence-electron chi connectivity index (χ1n) is 11.6. The van der Waals surface area contributed by atoms with E-state index in [9.17, 15) is 8.78 Å². The number of ether oxygens (including phenoxy) is 1. The smallest absolute Gasteiger partial charge is 0.186 e. The van der Waals surface area contributed by atoms with Crippen LogP contribution in [0.5, 0.6) is 5.75 Å². The number of benzene rings is 2. The average molecular weight is 515 g/mol. The van der Waals surface area contributed by atoms with E-state index >= 15 is 0 Å². The first kappa shape index (κ1) is 23.2. The Bertz CT molecular complexity index is 1610. The zero-order valence-electron chi connectivity index (χ0n) is 19.4. The number of tetrazole rings is 1. The van der Waals surface area contributed by atoms with Crippen LogP contribution in [0.4, 0.5) is 8.78 Å². The normalized spacial score (nSPS) is 14.8. The fourth-order valence-electron chi connectivity index (χ4n) is 4.26. The number of hydrogen-bond acceptors (Lipinski definition) is 7. The van der Waals surface area contributed by atoms with Gasteiger partial charge in [0.25, 0.3) is 0 Å². The summed E-state index contributed by atoms with van der Waals surface area (Å²) in [5.74, 6) is 0.436. The Balaban J connectivity index is 1.30. The maximum atomic E-state index is 13.7. The van der Waals surface area contributed by atoms with Gasteiger partial charge >= 0.3 is 0 Å². The van der Waals surface area contributed by atoms with Gasteiger partial charge in [-0.2, -0.15) is 0 Å². The second-order valence-electron chi connectivity index (χ2n) is 8.51. The van der Waals surface area contributed by atoms with E-state index in [2.05, 4.69) is 42.7 Å². The third-order valence-electron chi connectivity index (χ3n) is 6.07. The van der Waals surface area contributed by atoms with Gasteiger partial charge in [0.05, 0.1) is 16.9 Å². The number of fused-ring (bicyclic) bond motifs is 3. The Morgan fingerprint density at radius 3 is 2.81 bits per heavy atom. The number of hydrogen-bond donors (Lipinski definition) is 1. The van der Waals surface area contributed by atoms with Gasteiger partial charge < -0.3 is 4.74 Å². The lowest BCUT2D eigenvalue weighted by Crippen LogP contribution is -2.08. The van der Waals surface area contributed by atoms with Gasteiger partial charge in [-0.1, -0.05) is 30.3 Å². The molecular formula is C27H20F2N6OS. The molecule has 0 amide bonds. The molecule has 1 aliphatic rings. The van der Waals surface area contributed by atoms with Gasteiger partial charge in [0, 0.05) is 41.8 Å². The van der Waals surface area contributed by atoms with Crippen molar-refractivity contribution >= 4 is 34.8 Å². The van der Waals surface area contributed by atoms with Crippen LogP contribution in [0.3, 0.4) is 0 Å². The van der Waals surface area contributed by atoms with E-state index in [0.29, 0.717) is 29.4 Å². The Labute approximate surface area is 215 Å². The summed E-state index contributed by atoms with van der Waals surface area (Å²) in [6, 6.07) is 15.8. The van der Waals surface area contributed by atoms with Crippen LogP contribution >= 0.6 is 11.8 Å². The number of pyridine rings is 2. The lowest BCUT2D eigenvalue weighted by Gasteiger charge is -2.19. The van der Waals surface area contributed by atoms with Gasteiger partial charge in [-0.15, -0.1) is 16.9 Å². The second kappa shape index (κ2) is 10.1. The maximum Gasteiger partial charge on any atom is 0.186 e. The van der Waals surface area contributed by atoms with Gasteiger partial charge in [-0.05, 0) is 51.9 Å². The molecule has 1 atom stereocenters. The molecule has 0 saturated heterocycles. The molecule has 6 rings (SSSR count). The third-order valence-corrected chi connectivity index (χ3v) is 7.13. The quantitative estimate of drug-likeness (QED) is 0.318. The van der Waals surface area contributed by atoms with Crippen molar-refractivity contribution in [2.75, 3.05) is 5.75 Å². The summed E-state index contributed by atoms with van der Waals surface area (Å²) >= 11 is 1.64. The van der Waals surface area contributed by atoms with Crippen molar-refractivity contribution in [2.24, 2.45) is 0 Å². The summed E-state index contributed by atoms with van der Waals surface area (Å²) in [6.07, 6.45) is 6.93. The molecule has 3 aromatic heterocycles. The van der Waals surface area contributed by atoms with E-state index in [1.165, 1.54) is 0 Å². The molecule has 1 aliphatic heterocycles. The third kappa shape index (κ3) is 4.92. The van der Waals surface area contributed by atoms with Crippen molar-refractivity contribution in [1.82, 2.24) is 30.6 Å². The Morgan fingerprint density at radius 1 is 1.03 bits per heavy atom. The van der Waals surface area contributed by atoms with Crippen LogP contribution in [0.15, 0.2) is 60.8 Å². The van der Waals surface area contributed by atoms with E-state index in [-0.39, 0.29) is 5.44 Å². The molecule has 1 N–H and O–H groups in total. The van der Waals surface area contributed by atoms with Crippen LogP contribution in [0.25, 0.3) is 23.1 Å². The fraction of sp³-hybridized carbons (Fsp3) is 0.148. The number of aromatic nitrogens is 6. The standard InChI is InChI=1S/C27H20F2N6OS/c28-21-14-17-7-9-20(31-23(17)15-22(21)29)8-6-16-3-1-4-19-13-18-5-2-11-30-25(18)27(36-26(16)19)37-12-10-24-32-34-35-33-24/h1-9,11,14-15,27H,10,12-13H2,(H,32,33,34,35). The van der Waals surface area contributed by atoms with E-state index in [4.69, 9.17) is 4.74 Å². The number of para-hydroxylation sites is 1. The minimum Gasteiger partial charge on any atom is -0.472 e. The van der Waals surface area contributed by atoms with Crippen LogP contribution in [-0.4, -0.2) is 36.3 Å². The number of thioether (sulfide) groups is 1. The first-order chi connectivity index (χ1) is 18.1. The minimum atomic E-state index is -0.917. The Hall–Kier alpha value is -4.18. The molecular weight excluding hydrogens is 494 g/mol. The molecule has 0 spiro atoms. The summed E-state index contributed by atoms with van der Waals surface area (Å²) in [7, 11) is 0. The lowest BCUT2D eigenvalue weighted by molar-refractivity contribution is 0.290. The molecule has 37 heavy (non-hydrogen) atoms. The van der Waals surface area contributed by atoms with E-state index < -0.39 is 11.6 Å². The SMILES string of the molecule is Fc1cc2ccc(C=Cc3cccc4c3OC(SCCc3nnn[nH]3)c3ncccc3C4)nc2cc1F. The molecule has 10 heteroatoms. The summed E-state index contributed by atoms with van der Waals surface area (Å²) < 4.78 is 33.8. The van der Waals surface area contributed by atoms with Crippen LogP contribution in [0, 0.1) is 11.6 Å². The highest BCUT2D eigenvalue weighted by Crippen LogP contribution is 2.41. The molecule has 1 unspecified atom stereocenters. The molecule has 184 valence electrons. The largest absolute Gasteiger partial charge is 0.472 e. The summed E-state index contributed by atoms with van der Waals surface area (Å²) in [6.45, 7) is 0. The van der Waals surface area contributed by atoms with Crippen molar-refractivity contribution in [3.63, 3.8) is 0 Å². The van der Waals surface area contributed by atoms with Gasteiger partial charge in [0.15, 0.2) is 17.1 Å². The molecule has 0 fully saturated rings. The number of halogens is 2. The average Bonchev–Trinajstić information content (AvgIpc) is 3.37. The molecule has 2 aromatic carbocycles. The van der Waals surface area contributed by atoms with Crippen molar-refractivity contribution < 1.29 is 13.5 Å². The van der Waals surface area contributed by atoms with Crippen molar-refractivity contribution in [3.8, 4) is 5.75 Å². The van der Waals surface area contributed by atoms with Crippen LogP contribution in [-0.2, 0) is 12.8 Å². The number of H-pyrrole nitrogens is 1. The number of nitrogens with one attached hydrogen (secondary N) is 1. The number of aromatic amines is 1. The molecule has 0 saturated carbocycles. The van der Waals surface area contributed by atoms with Crippen LogP contribution in [0.2, 0.25) is 0 Å². The van der Waals surface area contributed by atoms with Gasteiger partial charge in [0.1, 0.15) is 11.6 Å². The fourth-order valence-corrected chi connectivity index (χ4v) is 5.32. The van der Waals surface area contributed by atoms with E-state index in [1.807, 2.05) is 30.4 Å². The predicted octanol–water partition coefficient (Wildman–Crippen LogP) is 5.55. The molecule has 7 nitrogen and oxygen atoms in total. The Kier molecular flexibility index (Phi) is 6.32. The lowest BCUT2D eigenvalue weighted by atomic mass is 10.0. The van der Waals surface area contributed by atoms with E-state index in [0.717, 1.165) is 51.8 Å². The van der Waals surface area contributed by atoms with Crippen molar-refractivity contribution in [3.05, 3.63) is 106 Å². The Morgan fingerprint density at radius 2 is 1.92 bits per heavy atom. The molecule has 5 aromatic rings. The highest BCUT2D eigenvalue weighted by atomic mass is 32.2. The number of aryl methyl sites for hydroxylation is 1. The summed E-state index contributed by atoms with van der Waals surface area (Å²) in [5, 5.41) is 14.5. The predicted molar refractivity (Wildman–Crippen MR) is 138 cm³/mol. The topological polar surface area (TPSA) is 89.5 Å². The zero-order valence-corrected chi connectivity index (χ0v) is 20.3. The highest BCUT2D eigenvalue weighted by molar-refractivity contribution is 7.99. The zero-order chi connectivity index (χ0) is 25.2. The van der Waals surface area contributed by atoms with E-state index in [1.54, 1.807) is 30.1 Å². The van der Waals surface area contributed by atoms with Gasteiger partial charge in [0.2, 0.25) is 0 Å². The van der Waals surface area contributed by atoms with Crippen LogP contribution < -0.4 is 4.74 Å². The van der Waals surface area contributed by atoms with Gasteiger partial charge in [-0.3, -0.25) is 4.98 Å². The molecule has 4 heterocycles. The second-order valence-corrected chi connectivity index (χ2v) is 9.68. The number of rotatable bonds is 6. The highest BCUT2D eigenvalue weighted by Gasteiger charge is 2.26. The van der Waals surface area contributed by atoms with Gasteiger partial charge in [-0.25, -0.2) is 18.9 Å². The number of nitrogens with zero attached hydrogens (tertiary/aromatic N) is 5. The molecule has 0 aliphatic carbocycles. The molecule has 0 radical (unpaired) electrons. The van der Waals surface area contributed by atoms with Crippen LogP contribution in [0.1, 0.15) is 39.3 Å².